The molecule has 0 spiro atoms. The maximum absolute atomic E-state index is 12.6. The summed E-state index contributed by atoms with van der Waals surface area (Å²) in [5, 5.41) is 1.82. The molecule has 2 rings (SSSR count). The van der Waals surface area contributed by atoms with Crippen molar-refractivity contribution >= 4 is 21.4 Å². The summed E-state index contributed by atoms with van der Waals surface area (Å²) in [6.45, 7) is 1.57. The average Bonchev–Trinajstić information content (AvgIpc) is 2.88. The van der Waals surface area contributed by atoms with Gasteiger partial charge in [-0.3, -0.25) is 0 Å². The smallest absolute Gasteiger partial charge is 0.252 e. The van der Waals surface area contributed by atoms with Crippen molar-refractivity contribution in [2.24, 2.45) is 5.73 Å². The highest BCUT2D eigenvalue weighted by Gasteiger charge is 2.31. The van der Waals surface area contributed by atoms with E-state index in [1.54, 1.807) is 10.4 Å². The topological polar surface area (TPSA) is 66.6 Å². The summed E-state index contributed by atoms with van der Waals surface area (Å²) in [6, 6.07) is 2.00. The summed E-state index contributed by atoms with van der Waals surface area (Å²) in [5.74, 6) is 0. The molecule has 0 radical (unpaired) electrons. The lowest BCUT2D eigenvalue weighted by Gasteiger charge is -2.35. The summed E-state index contributed by atoms with van der Waals surface area (Å²) in [4.78, 5) is 2.10. The van der Waals surface area contributed by atoms with Gasteiger partial charge in [0.1, 0.15) is 4.21 Å². The number of sulfonamides is 1. The quantitative estimate of drug-likeness (QED) is 0.898. The molecule has 2 heterocycles. The SMILES string of the molecule is CN(C)C1CCCN(S(=O)(=O)c2cc(CN)cs2)C1. The van der Waals surface area contributed by atoms with E-state index < -0.39 is 10.0 Å². The highest BCUT2D eigenvalue weighted by Crippen LogP contribution is 2.26. The summed E-state index contributed by atoms with van der Waals surface area (Å²) >= 11 is 1.26. The normalized spacial score (nSPS) is 22.0. The van der Waals surface area contributed by atoms with Gasteiger partial charge < -0.3 is 10.6 Å². The number of thiophene rings is 1. The van der Waals surface area contributed by atoms with Gasteiger partial charge >= 0.3 is 0 Å². The van der Waals surface area contributed by atoms with Crippen LogP contribution in [0.5, 0.6) is 0 Å². The van der Waals surface area contributed by atoms with E-state index in [1.807, 2.05) is 19.5 Å². The van der Waals surface area contributed by atoms with Crippen molar-refractivity contribution in [1.82, 2.24) is 9.21 Å². The standard InChI is InChI=1S/C12H21N3O2S2/c1-14(2)11-4-3-5-15(8-11)19(16,17)12-6-10(7-13)9-18-12/h6,9,11H,3-5,7-8,13H2,1-2H3. The van der Waals surface area contributed by atoms with Crippen molar-refractivity contribution < 1.29 is 8.42 Å². The summed E-state index contributed by atoms with van der Waals surface area (Å²) in [6.07, 6.45) is 1.97. The van der Waals surface area contributed by atoms with Crippen LogP contribution in [0.3, 0.4) is 0 Å². The molecule has 1 aromatic heterocycles. The van der Waals surface area contributed by atoms with E-state index in [9.17, 15) is 8.42 Å². The zero-order valence-corrected chi connectivity index (χ0v) is 13.0. The summed E-state index contributed by atoms with van der Waals surface area (Å²) < 4.78 is 27.1. The molecule has 1 saturated heterocycles. The van der Waals surface area contributed by atoms with Crippen molar-refractivity contribution in [2.75, 3.05) is 27.2 Å². The minimum absolute atomic E-state index is 0.303. The van der Waals surface area contributed by atoms with Crippen LogP contribution in [-0.2, 0) is 16.6 Å². The zero-order valence-electron chi connectivity index (χ0n) is 11.4. The molecule has 5 nitrogen and oxygen atoms in total. The number of rotatable bonds is 4. The molecule has 1 fully saturated rings. The first-order valence-corrected chi connectivity index (χ1v) is 8.71. The molecule has 108 valence electrons. The highest BCUT2D eigenvalue weighted by molar-refractivity contribution is 7.91. The Labute approximate surface area is 119 Å². The Morgan fingerprint density at radius 3 is 2.84 bits per heavy atom. The molecule has 1 unspecified atom stereocenters. The monoisotopic (exact) mass is 303 g/mol. The van der Waals surface area contributed by atoms with Crippen LogP contribution >= 0.6 is 11.3 Å². The first-order chi connectivity index (χ1) is 8.95. The molecule has 7 heteroatoms. The van der Waals surface area contributed by atoms with E-state index in [4.69, 9.17) is 5.73 Å². The molecule has 0 bridgehead atoms. The van der Waals surface area contributed by atoms with E-state index >= 15 is 0 Å². The molecular weight excluding hydrogens is 282 g/mol. The van der Waals surface area contributed by atoms with E-state index in [1.165, 1.54) is 11.3 Å². The molecule has 2 N–H and O–H groups in total. The van der Waals surface area contributed by atoms with Gasteiger partial charge in [-0.05, 0) is 43.9 Å². The van der Waals surface area contributed by atoms with Gasteiger partial charge in [-0.25, -0.2) is 8.42 Å². The van der Waals surface area contributed by atoms with Crippen LogP contribution in [0.25, 0.3) is 0 Å². The molecular formula is C12H21N3O2S2. The van der Waals surface area contributed by atoms with Crippen molar-refractivity contribution in [3.63, 3.8) is 0 Å². The third kappa shape index (κ3) is 3.17. The van der Waals surface area contributed by atoms with Crippen molar-refractivity contribution in [1.29, 1.82) is 0 Å². The number of hydrogen-bond acceptors (Lipinski definition) is 5. The minimum atomic E-state index is -3.35. The van der Waals surface area contributed by atoms with Crippen LogP contribution in [0.15, 0.2) is 15.7 Å². The van der Waals surface area contributed by atoms with Crippen molar-refractivity contribution in [3.8, 4) is 0 Å². The van der Waals surface area contributed by atoms with Gasteiger partial charge in [0, 0.05) is 25.7 Å². The predicted octanol–water partition coefficient (Wildman–Crippen LogP) is 0.921. The molecule has 0 amide bonds. The first-order valence-electron chi connectivity index (χ1n) is 6.39. The molecule has 0 aliphatic carbocycles. The molecule has 0 aromatic carbocycles. The molecule has 1 aliphatic heterocycles. The highest BCUT2D eigenvalue weighted by atomic mass is 32.2. The second-order valence-electron chi connectivity index (χ2n) is 5.10. The Bertz CT molecular complexity index is 525. The Morgan fingerprint density at radius 1 is 1.53 bits per heavy atom. The van der Waals surface area contributed by atoms with Crippen LogP contribution in [0, 0.1) is 0 Å². The Hall–Kier alpha value is -0.470. The number of likely N-dealkylation sites (N-methyl/N-ethyl adjacent to an activating group) is 1. The van der Waals surface area contributed by atoms with Gasteiger partial charge in [0.15, 0.2) is 0 Å². The van der Waals surface area contributed by atoms with E-state index in [-0.39, 0.29) is 0 Å². The van der Waals surface area contributed by atoms with Gasteiger partial charge in [-0.15, -0.1) is 11.3 Å². The first kappa shape index (κ1) is 14.9. The maximum atomic E-state index is 12.6. The van der Waals surface area contributed by atoms with Crippen LogP contribution in [-0.4, -0.2) is 50.8 Å². The Kier molecular flexibility index (Phi) is 4.62. The fraction of sp³-hybridized carbons (Fsp3) is 0.667. The number of nitrogens with two attached hydrogens (primary N) is 1. The second kappa shape index (κ2) is 5.88. The van der Waals surface area contributed by atoms with Gasteiger partial charge in [0.2, 0.25) is 0 Å². The van der Waals surface area contributed by atoms with Gasteiger partial charge in [0.25, 0.3) is 10.0 Å². The van der Waals surface area contributed by atoms with Crippen molar-refractivity contribution in [3.05, 3.63) is 17.0 Å². The summed E-state index contributed by atoms with van der Waals surface area (Å²) in [7, 11) is 0.649. The van der Waals surface area contributed by atoms with Gasteiger partial charge in [0.05, 0.1) is 0 Å². The molecule has 1 atom stereocenters. The number of hydrogen-bond donors (Lipinski definition) is 1. The van der Waals surface area contributed by atoms with Crippen LogP contribution in [0.2, 0.25) is 0 Å². The van der Waals surface area contributed by atoms with Gasteiger partial charge in [-0.1, -0.05) is 0 Å². The van der Waals surface area contributed by atoms with E-state index in [0.29, 0.717) is 29.9 Å². The van der Waals surface area contributed by atoms with Crippen LogP contribution in [0.4, 0.5) is 0 Å². The third-order valence-electron chi connectivity index (χ3n) is 3.55. The Morgan fingerprint density at radius 2 is 2.26 bits per heavy atom. The number of piperidine rings is 1. The maximum Gasteiger partial charge on any atom is 0.252 e. The average molecular weight is 303 g/mol. The van der Waals surface area contributed by atoms with Gasteiger partial charge in [-0.2, -0.15) is 4.31 Å². The zero-order chi connectivity index (χ0) is 14.0. The predicted molar refractivity (Wildman–Crippen MR) is 77.7 cm³/mol. The minimum Gasteiger partial charge on any atom is -0.326 e. The third-order valence-corrected chi connectivity index (χ3v) is 6.88. The van der Waals surface area contributed by atoms with Crippen LogP contribution < -0.4 is 5.73 Å². The lowest BCUT2D eigenvalue weighted by molar-refractivity contribution is 0.190. The molecule has 19 heavy (non-hydrogen) atoms. The molecule has 0 saturated carbocycles. The second-order valence-corrected chi connectivity index (χ2v) is 8.18. The number of nitrogens with zero attached hydrogens (tertiary/aromatic N) is 2. The fourth-order valence-corrected chi connectivity index (χ4v) is 5.17. The van der Waals surface area contributed by atoms with Crippen LogP contribution in [0.1, 0.15) is 18.4 Å². The lowest BCUT2D eigenvalue weighted by atomic mass is 10.1. The van der Waals surface area contributed by atoms with E-state index in [0.717, 1.165) is 18.4 Å². The summed E-state index contributed by atoms with van der Waals surface area (Å²) in [5.41, 5.74) is 6.42. The molecule has 1 aromatic rings. The molecule has 1 aliphatic rings. The lowest BCUT2D eigenvalue weighted by Crippen LogP contribution is -2.47. The van der Waals surface area contributed by atoms with E-state index in [2.05, 4.69) is 4.90 Å². The Balaban J connectivity index is 2.19. The van der Waals surface area contributed by atoms with Crippen molar-refractivity contribution in [2.45, 2.75) is 29.6 Å². The fourth-order valence-electron chi connectivity index (χ4n) is 2.28. The largest absolute Gasteiger partial charge is 0.326 e.